The highest BCUT2D eigenvalue weighted by molar-refractivity contribution is 5.97. The molecule has 0 aliphatic carbocycles. The van der Waals surface area contributed by atoms with Gasteiger partial charge in [0.2, 0.25) is 0 Å². The van der Waals surface area contributed by atoms with Crippen LogP contribution >= 0.6 is 0 Å². The molecule has 6 heteroatoms. The molecule has 0 radical (unpaired) electrons. The van der Waals surface area contributed by atoms with Gasteiger partial charge in [0, 0.05) is 17.3 Å². The molecule has 0 spiro atoms. The molecule has 2 aromatic rings. The van der Waals surface area contributed by atoms with Crippen LogP contribution in [0, 0.1) is 17.0 Å². The molecule has 1 aromatic heterocycles. The monoisotopic (exact) mass is 274 g/mol. The number of para-hydroxylation sites is 1. The van der Waals surface area contributed by atoms with E-state index in [1.54, 1.807) is 38.1 Å². The second kappa shape index (κ2) is 5.56. The summed E-state index contributed by atoms with van der Waals surface area (Å²) in [5.74, 6) is -0.520. The van der Waals surface area contributed by atoms with E-state index in [0.717, 1.165) is 5.69 Å². The van der Waals surface area contributed by atoms with Gasteiger partial charge in [0.1, 0.15) is 5.69 Å². The molecular formula is C14H14N2O4. The van der Waals surface area contributed by atoms with E-state index in [9.17, 15) is 14.9 Å². The van der Waals surface area contributed by atoms with Crippen molar-refractivity contribution in [2.45, 2.75) is 13.8 Å². The molecule has 0 aliphatic heterocycles. The van der Waals surface area contributed by atoms with Crippen molar-refractivity contribution in [1.82, 2.24) is 4.98 Å². The molecule has 0 saturated carbocycles. The topological polar surface area (TPSA) is 85.2 Å². The van der Waals surface area contributed by atoms with E-state index in [1.807, 2.05) is 0 Å². The number of nitrogens with zero attached hydrogens (tertiary/aromatic N) is 1. The summed E-state index contributed by atoms with van der Waals surface area (Å²) in [5.41, 5.74) is 1.80. The van der Waals surface area contributed by atoms with Crippen LogP contribution in [0.4, 0.5) is 5.69 Å². The standard InChI is InChI=1S/C14H14N2O4/c1-3-20-14(17)13-11(8-9(2)15-13)10-6-4-5-7-12(10)16(18)19/h4-8,15H,3H2,1-2H3. The molecule has 0 atom stereocenters. The van der Waals surface area contributed by atoms with Gasteiger partial charge in [-0.2, -0.15) is 0 Å². The normalized spacial score (nSPS) is 10.3. The molecule has 0 saturated heterocycles. The number of hydrogen-bond acceptors (Lipinski definition) is 4. The molecule has 6 nitrogen and oxygen atoms in total. The summed E-state index contributed by atoms with van der Waals surface area (Å²) in [6.45, 7) is 3.73. The van der Waals surface area contributed by atoms with Gasteiger partial charge in [0.05, 0.1) is 17.1 Å². The smallest absolute Gasteiger partial charge is 0.355 e. The van der Waals surface area contributed by atoms with Gasteiger partial charge in [-0.1, -0.05) is 12.1 Å². The molecular weight excluding hydrogens is 260 g/mol. The summed E-state index contributed by atoms with van der Waals surface area (Å²) in [4.78, 5) is 25.4. The highest BCUT2D eigenvalue weighted by atomic mass is 16.6. The van der Waals surface area contributed by atoms with Crippen molar-refractivity contribution in [3.8, 4) is 11.1 Å². The Labute approximate surface area is 115 Å². The summed E-state index contributed by atoms with van der Waals surface area (Å²) < 4.78 is 4.96. The zero-order valence-electron chi connectivity index (χ0n) is 11.2. The Bertz CT molecular complexity index is 661. The van der Waals surface area contributed by atoms with Gasteiger partial charge < -0.3 is 9.72 Å². The molecule has 1 N–H and O–H groups in total. The first-order chi connectivity index (χ1) is 9.54. The van der Waals surface area contributed by atoms with Gasteiger partial charge in [-0.25, -0.2) is 4.79 Å². The maximum atomic E-state index is 11.9. The summed E-state index contributed by atoms with van der Waals surface area (Å²) in [6.07, 6.45) is 0. The van der Waals surface area contributed by atoms with Crippen LogP contribution in [0.1, 0.15) is 23.1 Å². The highest BCUT2D eigenvalue weighted by Crippen LogP contribution is 2.32. The van der Waals surface area contributed by atoms with Gasteiger partial charge >= 0.3 is 5.97 Å². The predicted octanol–water partition coefficient (Wildman–Crippen LogP) is 3.08. The number of carbonyl (C=O) groups is 1. The van der Waals surface area contributed by atoms with E-state index in [0.29, 0.717) is 11.1 Å². The second-order valence-corrected chi connectivity index (χ2v) is 4.24. The number of aromatic amines is 1. The van der Waals surface area contributed by atoms with E-state index in [-0.39, 0.29) is 18.0 Å². The molecule has 104 valence electrons. The molecule has 20 heavy (non-hydrogen) atoms. The Kier molecular flexibility index (Phi) is 3.84. The van der Waals surface area contributed by atoms with Crippen LogP contribution in [0.25, 0.3) is 11.1 Å². The third-order valence-corrected chi connectivity index (χ3v) is 2.82. The van der Waals surface area contributed by atoms with E-state index < -0.39 is 10.9 Å². The first kappa shape index (κ1) is 13.8. The number of nitro benzene ring substituents is 1. The van der Waals surface area contributed by atoms with E-state index in [1.165, 1.54) is 6.07 Å². The number of nitro groups is 1. The molecule has 0 aliphatic rings. The first-order valence-electron chi connectivity index (χ1n) is 6.15. The molecule has 0 amide bonds. The minimum absolute atomic E-state index is 0.0444. The van der Waals surface area contributed by atoms with Crippen molar-refractivity contribution in [2.75, 3.05) is 6.61 Å². The molecule has 0 bridgehead atoms. The Morgan fingerprint density at radius 2 is 2.05 bits per heavy atom. The van der Waals surface area contributed by atoms with Crippen molar-refractivity contribution in [3.63, 3.8) is 0 Å². The van der Waals surface area contributed by atoms with Gasteiger partial charge in [-0.15, -0.1) is 0 Å². The SMILES string of the molecule is CCOC(=O)c1[nH]c(C)cc1-c1ccccc1[N+](=O)[O-]. The number of nitrogens with one attached hydrogen (secondary N) is 1. The van der Waals surface area contributed by atoms with Crippen LogP contribution in [0.3, 0.4) is 0 Å². The second-order valence-electron chi connectivity index (χ2n) is 4.24. The molecule has 0 fully saturated rings. The number of aromatic nitrogens is 1. The fraction of sp³-hybridized carbons (Fsp3) is 0.214. The van der Waals surface area contributed by atoms with Gasteiger partial charge in [-0.3, -0.25) is 10.1 Å². The average molecular weight is 274 g/mol. The highest BCUT2D eigenvalue weighted by Gasteiger charge is 2.22. The van der Waals surface area contributed by atoms with Crippen molar-refractivity contribution in [3.05, 3.63) is 51.8 Å². The third kappa shape index (κ3) is 2.54. The summed E-state index contributed by atoms with van der Waals surface area (Å²) in [6, 6.07) is 8.01. The first-order valence-corrected chi connectivity index (χ1v) is 6.15. The quantitative estimate of drug-likeness (QED) is 0.527. The van der Waals surface area contributed by atoms with Crippen LogP contribution in [-0.4, -0.2) is 22.5 Å². The van der Waals surface area contributed by atoms with Crippen molar-refractivity contribution >= 4 is 11.7 Å². The van der Waals surface area contributed by atoms with Gasteiger partial charge in [-0.05, 0) is 26.0 Å². The van der Waals surface area contributed by atoms with Crippen LogP contribution in [0.5, 0.6) is 0 Å². The Hall–Kier alpha value is -2.63. The van der Waals surface area contributed by atoms with Gasteiger partial charge in [0.25, 0.3) is 5.69 Å². The predicted molar refractivity (Wildman–Crippen MR) is 73.6 cm³/mol. The Morgan fingerprint density at radius 3 is 2.70 bits per heavy atom. The number of ether oxygens (including phenoxy) is 1. The van der Waals surface area contributed by atoms with E-state index in [4.69, 9.17) is 4.74 Å². The fourth-order valence-electron chi connectivity index (χ4n) is 2.03. The number of aryl methyl sites for hydroxylation is 1. The fourth-order valence-corrected chi connectivity index (χ4v) is 2.03. The van der Waals surface area contributed by atoms with Crippen LogP contribution < -0.4 is 0 Å². The number of carbonyl (C=O) groups excluding carboxylic acids is 1. The van der Waals surface area contributed by atoms with Crippen LogP contribution in [0.2, 0.25) is 0 Å². The number of hydrogen-bond donors (Lipinski definition) is 1. The van der Waals surface area contributed by atoms with Gasteiger partial charge in [0.15, 0.2) is 0 Å². The zero-order chi connectivity index (χ0) is 14.7. The summed E-state index contributed by atoms with van der Waals surface area (Å²) in [5, 5.41) is 11.1. The van der Waals surface area contributed by atoms with Crippen molar-refractivity contribution in [1.29, 1.82) is 0 Å². The van der Waals surface area contributed by atoms with Crippen molar-refractivity contribution < 1.29 is 14.5 Å². The lowest BCUT2D eigenvalue weighted by atomic mass is 10.0. The number of esters is 1. The number of rotatable bonds is 4. The van der Waals surface area contributed by atoms with Crippen molar-refractivity contribution in [2.24, 2.45) is 0 Å². The number of H-pyrrole nitrogens is 1. The zero-order valence-corrected chi connectivity index (χ0v) is 11.2. The number of benzene rings is 1. The van der Waals surface area contributed by atoms with Crippen LogP contribution in [-0.2, 0) is 4.74 Å². The Morgan fingerprint density at radius 1 is 1.35 bits per heavy atom. The molecule has 1 heterocycles. The third-order valence-electron chi connectivity index (χ3n) is 2.82. The van der Waals surface area contributed by atoms with E-state index >= 15 is 0 Å². The minimum atomic E-state index is -0.520. The lowest BCUT2D eigenvalue weighted by molar-refractivity contribution is -0.384. The van der Waals surface area contributed by atoms with E-state index in [2.05, 4.69) is 4.98 Å². The lowest BCUT2D eigenvalue weighted by Gasteiger charge is -2.04. The molecule has 0 unspecified atom stereocenters. The summed E-state index contributed by atoms with van der Waals surface area (Å²) >= 11 is 0. The molecule has 2 rings (SSSR count). The summed E-state index contributed by atoms with van der Waals surface area (Å²) in [7, 11) is 0. The average Bonchev–Trinajstić information content (AvgIpc) is 2.81. The Balaban J connectivity index is 2.59. The lowest BCUT2D eigenvalue weighted by Crippen LogP contribution is -2.07. The maximum absolute atomic E-state index is 11.9. The largest absolute Gasteiger partial charge is 0.461 e. The minimum Gasteiger partial charge on any atom is -0.461 e. The maximum Gasteiger partial charge on any atom is 0.355 e. The van der Waals surface area contributed by atoms with Crippen LogP contribution in [0.15, 0.2) is 30.3 Å². The molecule has 1 aromatic carbocycles.